The van der Waals surface area contributed by atoms with E-state index in [2.05, 4.69) is 19.9 Å². The summed E-state index contributed by atoms with van der Waals surface area (Å²) in [4.78, 5) is 14.2. The molecule has 0 saturated carbocycles. The highest BCUT2D eigenvalue weighted by Crippen LogP contribution is 2.23. The van der Waals surface area contributed by atoms with Crippen LogP contribution in [-0.4, -0.2) is 29.5 Å². The molecule has 0 radical (unpaired) electrons. The Balaban J connectivity index is 2.00. The van der Waals surface area contributed by atoms with Gasteiger partial charge in [0.05, 0.1) is 5.56 Å². The molecule has 1 heterocycles. The molecule has 0 aliphatic carbocycles. The van der Waals surface area contributed by atoms with Crippen LogP contribution in [0.2, 0.25) is 0 Å². The SMILES string of the molecule is C[C@@H]1CCC[C@@H](C)N1C(=O)COc1ccccc1C#N. The first-order chi connectivity index (χ1) is 9.63. The minimum Gasteiger partial charge on any atom is -0.482 e. The van der Waals surface area contributed by atoms with E-state index in [4.69, 9.17) is 10.00 Å². The number of benzene rings is 1. The molecule has 0 unspecified atom stereocenters. The minimum atomic E-state index is -0.00657. The molecule has 4 heteroatoms. The number of nitriles is 1. The van der Waals surface area contributed by atoms with Crippen LogP contribution in [0.25, 0.3) is 0 Å². The third-order valence-corrected chi connectivity index (χ3v) is 3.84. The monoisotopic (exact) mass is 272 g/mol. The quantitative estimate of drug-likeness (QED) is 0.850. The van der Waals surface area contributed by atoms with E-state index in [0.717, 1.165) is 12.8 Å². The number of hydrogen-bond acceptors (Lipinski definition) is 3. The maximum atomic E-state index is 12.3. The van der Waals surface area contributed by atoms with Gasteiger partial charge in [0.25, 0.3) is 5.91 Å². The van der Waals surface area contributed by atoms with Crippen LogP contribution in [-0.2, 0) is 4.79 Å². The number of nitrogens with zero attached hydrogens (tertiary/aromatic N) is 2. The van der Waals surface area contributed by atoms with Crippen molar-refractivity contribution in [2.24, 2.45) is 0 Å². The van der Waals surface area contributed by atoms with Gasteiger partial charge >= 0.3 is 0 Å². The van der Waals surface area contributed by atoms with Gasteiger partial charge in [-0.3, -0.25) is 4.79 Å². The fraction of sp³-hybridized carbons (Fsp3) is 0.500. The van der Waals surface area contributed by atoms with Crippen LogP contribution in [0.15, 0.2) is 24.3 Å². The molecule has 106 valence electrons. The van der Waals surface area contributed by atoms with Crippen molar-refractivity contribution < 1.29 is 9.53 Å². The Morgan fingerprint density at radius 2 is 2.00 bits per heavy atom. The normalized spacial score (nSPS) is 22.1. The topological polar surface area (TPSA) is 53.3 Å². The molecule has 0 N–H and O–H groups in total. The summed E-state index contributed by atoms with van der Waals surface area (Å²) < 4.78 is 5.53. The smallest absolute Gasteiger partial charge is 0.260 e. The highest BCUT2D eigenvalue weighted by Gasteiger charge is 2.29. The summed E-state index contributed by atoms with van der Waals surface area (Å²) in [7, 11) is 0. The van der Waals surface area contributed by atoms with Crippen LogP contribution in [0.4, 0.5) is 0 Å². The number of rotatable bonds is 3. The van der Waals surface area contributed by atoms with Crippen molar-refractivity contribution in [2.45, 2.75) is 45.2 Å². The number of carbonyl (C=O) groups is 1. The number of hydrogen-bond donors (Lipinski definition) is 0. The number of para-hydroxylation sites is 1. The first kappa shape index (κ1) is 14.4. The van der Waals surface area contributed by atoms with E-state index in [-0.39, 0.29) is 24.6 Å². The molecule has 0 aromatic heterocycles. The van der Waals surface area contributed by atoms with Crippen LogP contribution < -0.4 is 4.74 Å². The molecule has 1 aliphatic heterocycles. The number of likely N-dealkylation sites (tertiary alicyclic amines) is 1. The highest BCUT2D eigenvalue weighted by molar-refractivity contribution is 5.78. The van der Waals surface area contributed by atoms with Gasteiger partial charge in [-0.2, -0.15) is 5.26 Å². The van der Waals surface area contributed by atoms with Gasteiger partial charge in [-0.05, 0) is 45.2 Å². The molecule has 1 aromatic carbocycles. The molecule has 1 aliphatic rings. The van der Waals surface area contributed by atoms with Gasteiger partial charge in [-0.15, -0.1) is 0 Å². The predicted molar refractivity (Wildman–Crippen MR) is 76.3 cm³/mol. The average Bonchev–Trinajstić information content (AvgIpc) is 2.45. The van der Waals surface area contributed by atoms with Crippen LogP contribution in [0.1, 0.15) is 38.7 Å². The molecule has 1 amide bonds. The van der Waals surface area contributed by atoms with E-state index in [1.165, 1.54) is 6.42 Å². The maximum Gasteiger partial charge on any atom is 0.260 e. The summed E-state index contributed by atoms with van der Waals surface area (Å²) in [6.45, 7) is 4.15. The zero-order valence-electron chi connectivity index (χ0n) is 12.0. The molecule has 1 saturated heterocycles. The molecule has 0 spiro atoms. The van der Waals surface area contributed by atoms with Crippen molar-refractivity contribution in [2.75, 3.05) is 6.61 Å². The van der Waals surface area contributed by atoms with Crippen LogP contribution >= 0.6 is 0 Å². The zero-order valence-corrected chi connectivity index (χ0v) is 12.0. The molecule has 0 bridgehead atoms. The second kappa shape index (κ2) is 6.42. The summed E-state index contributed by atoms with van der Waals surface area (Å²) >= 11 is 0. The lowest BCUT2D eigenvalue weighted by Crippen LogP contribution is -2.49. The summed E-state index contributed by atoms with van der Waals surface area (Å²) in [5.41, 5.74) is 0.458. The maximum absolute atomic E-state index is 12.3. The van der Waals surface area contributed by atoms with Crippen molar-refractivity contribution in [1.82, 2.24) is 4.90 Å². The molecule has 4 nitrogen and oxygen atoms in total. The lowest BCUT2D eigenvalue weighted by molar-refractivity contribution is -0.139. The Labute approximate surface area is 120 Å². The van der Waals surface area contributed by atoms with Crippen LogP contribution in [0.5, 0.6) is 5.75 Å². The Hall–Kier alpha value is -2.02. The molecular weight excluding hydrogens is 252 g/mol. The number of amides is 1. The average molecular weight is 272 g/mol. The minimum absolute atomic E-state index is 0.00237. The first-order valence-electron chi connectivity index (χ1n) is 7.06. The van der Waals surface area contributed by atoms with Crippen molar-refractivity contribution in [1.29, 1.82) is 5.26 Å². The standard InChI is InChI=1S/C16H20N2O2/c1-12-6-5-7-13(2)18(12)16(19)11-20-15-9-4-3-8-14(15)10-17/h3-4,8-9,12-13H,5-7,11H2,1-2H3/t12-,13-/m1/s1. The van der Waals surface area contributed by atoms with Gasteiger partial charge in [0.2, 0.25) is 0 Å². The fourth-order valence-electron chi connectivity index (χ4n) is 2.81. The van der Waals surface area contributed by atoms with Gasteiger partial charge in [0, 0.05) is 12.1 Å². The fourth-order valence-corrected chi connectivity index (χ4v) is 2.81. The van der Waals surface area contributed by atoms with Gasteiger partial charge in [0.15, 0.2) is 6.61 Å². The number of piperidine rings is 1. The molecule has 1 fully saturated rings. The number of carbonyl (C=O) groups excluding carboxylic acids is 1. The molecule has 2 rings (SSSR count). The summed E-state index contributed by atoms with van der Waals surface area (Å²) in [6.07, 6.45) is 3.26. The second-order valence-electron chi connectivity index (χ2n) is 5.33. The Morgan fingerprint density at radius 1 is 1.35 bits per heavy atom. The van der Waals surface area contributed by atoms with Gasteiger partial charge in [-0.25, -0.2) is 0 Å². The van der Waals surface area contributed by atoms with Gasteiger partial charge < -0.3 is 9.64 Å². The van der Waals surface area contributed by atoms with Crippen LogP contribution in [0, 0.1) is 11.3 Å². The van der Waals surface area contributed by atoms with E-state index in [1.54, 1.807) is 24.3 Å². The summed E-state index contributed by atoms with van der Waals surface area (Å²) in [5, 5.41) is 8.99. The van der Waals surface area contributed by atoms with E-state index in [9.17, 15) is 4.79 Å². The molecule has 2 atom stereocenters. The van der Waals surface area contributed by atoms with Crippen molar-refractivity contribution >= 4 is 5.91 Å². The van der Waals surface area contributed by atoms with Crippen LogP contribution in [0.3, 0.4) is 0 Å². The number of ether oxygens (including phenoxy) is 1. The lowest BCUT2D eigenvalue weighted by atomic mass is 9.97. The highest BCUT2D eigenvalue weighted by atomic mass is 16.5. The predicted octanol–water partition coefficient (Wildman–Crippen LogP) is 2.73. The van der Waals surface area contributed by atoms with Gasteiger partial charge in [-0.1, -0.05) is 12.1 Å². The zero-order chi connectivity index (χ0) is 14.5. The molecule has 20 heavy (non-hydrogen) atoms. The second-order valence-corrected chi connectivity index (χ2v) is 5.33. The molecule has 1 aromatic rings. The largest absolute Gasteiger partial charge is 0.482 e. The first-order valence-corrected chi connectivity index (χ1v) is 7.06. The third-order valence-electron chi connectivity index (χ3n) is 3.84. The summed E-state index contributed by atoms with van der Waals surface area (Å²) in [6, 6.07) is 9.58. The van der Waals surface area contributed by atoms with E-state index in [1.807, 2.05) is 4.90 Å². The molecular formula is C16H20N2O2. The third kappa shape index (κ3) is 3.11. The van der Waals surface area contributed by atoms with Crippen molar-refractivity contribution in [3.8, 4) is 11.8 Å². The van der Waals surface area contributed by atoms with Crippen molar-refractivity contribution in [3.63, 3.8) is 0 Å². The van der Waals surface area contributed by atoms with Gasteiger partial charge in [0.1, 0.15) is 11.8 Å². The Bertz CT molecular complexity index is 511. The summed E-state index contributed by atoms with van der Waals surface area (Å²) in [5.74, 6) is 0.470. The van der Waals surface area contributed by atoms with Crippen molar-refractivity contribution in [3.05, 3.63) is 29.8 Å². The van der Waals surface area contributed by atoms with E-state index >= 15 is 0 Å². The Kier molecular flexibility index (Phi) is 4.62. The van der Waals surface area contributed by atoms with E-state index < -0.39 is 0 Å². The Morgan fingerprint density at radius 3 is 2.65 bits per heavy atom. The van der Waals surface area contributed by atoms with E-state index in [0.29, 0.717) is 11.3 Å². The lowest BCUT2D eigenvalue weighted by Gasteiger charge is -2.39.